The summed E-state index contributed by atoms with van der Waals surface area (Å²) in [6.07, 6.45) is 1.53. The predicted molar refractivity (Wildman–Crippen MR) is 63.4 cm³/mol. The third-order valence-electron chi connectivity index (χ3n) is 2.33. The second-order valence-electron chi connectivity index (χ2n) is 3.63. The molecule has 84 valence electrons. The standard InChI is InChI=1S/C13H10FN3/c1-9-2-3-10(7-13(9)14)17-11-4-5-16-12(6-11)8-15/h2-7H,1H3,(H,16,17). The molecule has 3 nitrogen and oxygen atoms in total. The maximum absolute atomic E-state index is 13.3. The Kier molecular flexibility index (Phi) is 3.01. The molecule has 0 unspecified atom stereocenters. The molecule has 0 spiro atoms. The molecule has 0 amide bonds. The molecule has 0 fully saturated rings. The number of halogens is 1. The largest absolute Gasteiger partial charge is 0.355 e. The second-order valence-corrected chi connectivity index (χ2v) is 3.63. The van der Waals surface area contributed by atoms with Crippen molar-refractivity contribution in [2.24, 2.45) is 0 Å². The van der Waals surface area contributed by atoms with E-state index in [-0.39, 0.29) is 5.82 Å². The highest BCUT2D eigenvalue weighted by Gasteiger charge is 2.01. The Labute approximate surface area is 98.5 Å². The Balaban J connectivity index is 2.25. The first-order chi connectivity index (χ1) is 8.19. The normalized spacial score (nSPS) is 9.71. The van der Waals surface area contributed by atoms with Gasteiger partial charge in [-0.2, -0.15) is 5.26 Å². The van der Waals surface area contributed by atoms with E-state index in [2.05, 4.69) is 10.3 Å². The Hall–Kier alpha value is -2.41. The number of aryl methyl sites for hydroxylation is 1. The topological polar surface area (TPSA) is 48.7 Å². The van der Waals surface area contributed by atoms with Crippen LogP contribution in [0.25, 0.3) is 0 Å². The minimum atomic E-state index is -0.260. The molecule has 1 aromatic heterocycles. The molecule has 17 heavy (non-hydrogen) atoms. The van der Waals surface area contributed by atoms with E-state index in [9.17, 15) is 4.39 Å². The van der Waals surface area contributed by atoms with Crippen LogP contribution >= 0.6 is 0 Å². The number of nitrogens with one attached hydrogen (secondary N) is 1. The second kappa shape index (κ2) is 4.62. The molecule has 1 aromatic carbocycles. The highest BCUT2D eigenvalue weighted by Crippen LogP contribution is 2.19. The minimum Gasteiger partial charge on any atom is -0.355 e. The summed E-state index contributed by atoms with van der Waals surface area (Å²) in [5.41, 5.74) is 2.27. The third kappa shape index (κ3) is 2.58. The molecule has 2 aromatic rings. The molecule has 0 saturated heterocycles. The summed E-state index contributed by atoms with van der Waals surface area (Å²) in [7, 11) is 0. The van der Waals surface area contributed by atoms with Gasteiger partial charge in [0.25, 0.3) is 0 Å². The van der Waals surface area contributed by atoms with E-state index in [1.54, 1.807) is 31.2 Å². The van der Waals surface area contributed by atoms with E-state index < -0.39 is 0 Å². The molecular weight excluding hydrogens is 217 g/mol. The summed E-state index contributed by atoms with van der Waals surface area (Å²) < 4.78 is 13.3. The lowest BCUT2D eigenvalue weighted by Gasteiger charge is -2.07. The number of hydrogen-bond acceptors (Lipinski definition) is 3. The lowest BCUT2D eigenvalue weighted by atomic mass is 10.2. The van der Waals surface area contributed by atoms with Crippen molar-refractivity contribution in [1.29, 1.82) is 5.26 Å². The lowest BCUT2D eigenvalue weighted by Crippen LogP contribution is -1.93. The van der Waals surface area contributed by atoms with Crippen molar-refractivity contribution in [1.82, 2.24) is 4.98 Å². The van der Waals surface area contributed by atoms with E-state index in [0.29, 0.717) is 22.6 Å². The molecule has 2 rings (SSSR count). The van der Waals surface area contributed by atoms with E-state index in [1.165, 1.54) is 12.3 Å². The molecule has 0 atom stereocenters. The first kappa shape index (κ1) is 11.1. The van der Waals surface area contributed by atoms with Crippen LogP contribution in [0.1, 0.15) is 11.3 Å². The van der Waals surface area contributed by atoms with Crippen molar-refractivity contribution in [3.63, 3.8) is 0 Å². The average Bonchev–Trinajstić information content (AvgIpc) is 2.34. The molecule has 1 heterocycles. The van der Waals surface area contributed by atoms with Crippen molar-refractivity contribution in [3.05, 3.63) is 53.6 Å². The van der Waals surface area contributed by atoms with Gasteiger partial charge in [0.15, 0.2) is 0 Å². The smallest absolute Gasteiger partial charge is 0.142 e. The van der Waals surface area contributed by atoms with Crippen molar-refractivity contribution in [2.45, 2.75) is 6.92 Å². The van der Waals surface area contributed by atoms with Gasteiger partial charge in [0.05, 0.1) is 0 Å². The minimum absolute atomic E-state index is 0.260. The van der Waals surface area contributed by atoms with Crippen LogP contribution in [0.2, 0.25) is 0 Å². The first-order valence-corrected chi connectivity index (χ1v) is 5.08. The summed E-state index contributed by atoms with van der Waals surface area (Å²) in [5, 5.41) is 11.7. The van der Waals surface area contributed by atoms with E-state index in [1.807, 2.05) is 6.07 Å². The number of nitriles is 1. The zero-order valence-electron chi connectivity index (χ0n) is 9.24. The molecule has 1 N–H and O–H groups in total. The summed E-state index contributed by atoms with van der Waals surface area (Å²) >= 11 is 0. The molecule has 0 aliphatic rings. The van der Waals surface area contributed by atoms with E-state index >= 15 is 0 Å². The van der Waals surface area contributed by atoms with Crippen molar-refractivity contribution in [3.8, 4) is 6.07 Å². The van der Waals surface area contributed by atoms with Gasteiger partial charge in [0.2, 0.25) is 0 Å². The summed E-state index contributed by atoms with van der Waals surface area (Å²) in [4.78, 5) is 3.86. The van der Waals surface area contributed by atoms with Gasteiger partial charge in [-0.05, 0) is 36.8 Å². The summed E-state index contributed by atoms with van der Waals surface area (Å²) in [6, 6.07) is 10.2. The van der Waals surface area contributed by atoms with Crippen LogP contribution in [0.4, 0.5) is 15.8 Å². The van der Waals surface area contributed by atoms with Crippen molar-refractivity contribution < 1.29 is 4.39 Å². The van der Waals surface area contributed by atoms with Crippen LogP contribution in [0.15, 0.2) is 36.5 Å². The third-order valence-corrected chi connectivity index (χ3v) is 2.33. The Morgan fingerprint density at radius 1 is 1.24 bits per heavy atom. The van der Waals surface area contributed by atoms with Crippen LogP contribution in [0.3, 0.4) is 0 Å². The maximum Gasteiger partial charge on any atom is 0.142 e. The Bertz CT molecular complexity index is 587. The number of nitrogens with zero attached hydrogens (tertiary/aromatic N) is 2. The molecule has 0 aliphatic heterocycles. The van der Waals surface area contributed by atoms with Gasteiger partial charge in [0.1, 0.15) is 17.6 Å². The number of benzene rings is 1. The predicted octanol–water partition coefficient (Wildman–Crippen LogP) is 3.14. The number of anilines is 2. The number of rotatable bonds is 2. The number of aromatic nitrogens is 1. The number of hydrogen-bond donors (Lipinski definition) is 1. The zero-order valence-corrected chi connectivity index (χ0v) is 9.24. The van der Waals surface area contributed by atoms with Crippen LogP contribution in [-0.2, 0) is 0 Å². The van der Waals surface area contributed by atoms with Gasteiger partial charge in [-0.3, -0.25) is 0 Å². The molecular formula is C13H10FN3. The van der Waals surface area contributed by atoms with E-state index in [0.717, 1.165) is 0 Å². The van der Waals surface area contributed by atoms with Gasteiger partial charge >= 0.3 is 0 Å². The van der Waals surface area contributed by atoms with Gasteiger partial charge in [-0.1, -0.05) is 6.07 Å². The highest BCUT2D eigenvalue weighted by atomic mass is 19.1. The van der Waals surface area contributed by atoms with Crippen LogP contribution < -0.4 is 5.32 Å². The fourth-order valence-electron chi connectivity index (χ4n) is 1.41. The zero-order chi connectivity index (χ0) is 12.3. The SMILES string of the molecule is Cc1ccc(Nc2ccnc(C#N)c2)cc1F. The Morgan fingerprint density at radius 3 is 2.71 bits per heavy atom. The Morgan fingerprint density at radius 2 is 2.00 bits per heavy atom. The highest BCUT2D eigenvalue weighted by molar-refractivity contribution is 5.60. The summed E-state index contributed by atoms with van der Waals surface area (Å²) in [6.45, 7) is 1.71. The maximum atomic E-state index is 13.3. The molecule has 0 aliphatic carbocycles. The molecule has 0 bridgehead atoms. The van der Waals surface area contributed by atoms with Crippen molar-refractivity contribution >= 4 is 11.4 Å². The van der Waals surface area contributed by atoms with Gasteiger partial charge in [0, 0.05) is 17.6 Å². The molecule has 4 heteroatoms. The fraction of sp³-hybridized carbons (Fsp3) is 0.0769. The lowest BCUT2D eigenvalue weighted by molar-refractivity contribution is 0.619. The van der Waals surface area contributed by atoms with E-state index in [4.69, 9.17) is 5.26 Å². The summed E-state index contributed by atoms with van der Waals surface area (Å²) in [5.74, 6) is -0.260. The fourth-order valence-corrected chi connectivity index (χ4v) is 1.41. The monoisotopic (exact) mass is 227 g/mol. The van der Waals surface area contributed by atoms with Crippen LogP contribution in [0.5, 0.6) is 0 Å². The quantitative estimate of drug-likeness (QED) is 0.857. The van der Waals surface area contributed by atoms with Gasteiger partial charge < -0.3 is 5.32 Å². The van der Waals surface area contributed by atoms with Crippen LogP contribution in [0, 0.1) is 24.1 Å². The van der Waals surface area contributed by atoms with Crippen LogP contribution in [-0.4, -0.2) is 4.98 Å². The molecule has 0 radical (unpaired) electrons. The van der Waals surface area contributed by atoms with Gasteiger partial charge in [-0.25, -0.2) is 9.37 Å². The molecule has 0 saturated carbocycles. The first-order valence-electron chi connectivity index (χ1n) is 5.08. The van der Waals surface area contributed by atoms with Crippen molar-refractivity contribution in [2.75, 3.05) is 5.32 Å². The van der Waals surface area contributed by atoms with Gasteiger partial charge in [-0.15, -0.1) is 0 Å². The number of pyridine rings is 1. The average molecular weight is 227 g/mol.